The van der Waals surface area contributed by atoms with Crippen molar-refractivity contribution in [3.05, 3.63) is 29.3 Å². The number of methoxy groups -OCH3 is 1. The monoisotopic (exact) mass is 248 g/mol. The molecule has 0 aliphatic carbocycles. The van der Waals surface area contributed by atoms with Crippen molar-refractivity contribution in [2.45, 2.75) is 25.4 Å². The maximum atomic E-state index is 11.6. The molecule has 1 aromatic carbocycles. The van der Waals surface area contributed by atoms with Gasteiger partial charge >= 0.3 is 0 Å². The van der Waals surface area contributed by atoms with Gasteiger partial charge in [0.1, 0.15) is 5.60 Å². The Morgan fingerprint density at radius 2 is 2.17 bits per heavy atom. The summed E-state index contributed by atoms with van der Waals surface area (Å²) in [4.78, 5) is 13.3. The number of hydrogen-bond acceptors (Lipinski definition) is 3. The van der Waals surface area contributed by atoms with Gasteiger partial charge in [0.25, 0.3) is 0 Å². The van der Waals surface area contributed by atoms with E-state index in [9.17, 15) is 4.79 Å². The first-order valence-corrected chi connectivity index (χ1v) is 6.17. The molecule has 0 saturated carbocycles. The summed E-state index contributed by atoms with van der Waals surface area (Å²) in [5, 5.41) is 0. The lowest BCUT2D eigenvalue weighted by Gasteiger charge is -2.31. The van der Waals surface area contributed by atoms with Crippen molar-refractivity contribution in [1.29, 1.82) is 0 Å². The van der Waals surface area contributed by atoms with Gasteiger partial charge in [0.05, 0.1) is 0 Å². The summed E-state index contributed by atoms with van der Waals surface area (Å²) in [5.74, 6) is 0.170. The molecule has 0 aromatic heterocycles. The molecule has 0 fully saturated rings. The summed E-state index contributed by atoms with van der Waals surface area (Å²) in [6.45, 7) is 2.41. The molecule has 1 amide bonds. The van der Waals surface area contributed by atoms with E-state index in [1.54, 1.807) is 12.0 Å². The molecule has 98 valence electrons. The minimum absolute atomic E-state index is 0.170. The van der Waals surface area contributed by atoms with Crippen LogP contribution in [0, 0.1) is 0 Å². The maximum absolute atomic E-state index is 11.6. The quantitative estimate of drug-likeness (QED) is 0.880. The molecule has 1 aromatic rings. The van der Waals surface area contributed by atoms with E-state index in [-0.39, 0.29) is 5.91 Å². The first-order valence-electron chi connectivity index (χ1n) is 6.17. The third kappa shape index (κ3) is 2.02. The van der Waals surface area contributed by atoms with E-state index in [0.717, 1.165) is 17.7 Å². The highest BCUT2D eigenvalue weighted by molar-refractivity contribution is 5.95. The Balaban J connectivity index is 2.42. The molecule has 1 aliphatic heterocycles. The zero-order chi connectivity index (χ0) is 13.3. The first kappa shape index (κ1) is 13.1. The van der Waals surface area contributed by atoms with Gasteiger partial charge in [-0.15, -0.1) is 0 Å². The van der Waals surface area contributed by atoms with Crippen molar-refractivity contribution in [3.8, 4) is 0 Å². The minimum atomic E-state index is -0.463. The molecule has 1 heterocycles. The average molecular weight is 248 g/mol. The van der Waals surface area contributed by atoms with Gasteiger partial charge in [-0.05, 0) is 30.5 Å². The Morgan fingerprint density at radius 1 is 1.44 bits per heavy atom. The Labute approximate surface area is 108 Å². The van der Waals surface area contributed by atoms with E-state index in [0.29, 0.717) is 13.0 Å². The molecule has 4 heteroatoms. The molecular formula is C14H20N2O2. The summed E-state index contributed by atoms with van der Waals surface area (Å²) >= 11 is 0. The number of benzene rings is 1. The standard InChI is InChI=1S/C14H20N2O2/c1-14(9-15,18-3)11-5-6-12-10(8-11)4-7-13(17)16(12)2/h5-6,8H,4,7,9,15H2,1-3H3. The van der Waals surface area contributed by atoms with Crippen molar-refractivity contribution in [2.24, 2.45) is 5.73 Å². The SMILES string of the molecule is COC(C)(CN)c1ccc2c(c1)CCC(=O)N2C. The van der Waals surface area contributed by atoms with Crippen molar-refractivity contribution in [1.82, 2.24) is 0 Å². The molecule has 1 unspecified atom stereocenters. The molecule has 1 aliphatic rings. The topological polar surface area (TPSA) is 55.6 Å². The highest BCUT2D eigenvalue weighted by atomic mass is 16.5. The van der Waals surface area contributed by atoms with Gasteiger partial charge in [-0.25, -0.2) is 0 Å². The van der Waals surface area contributed by atoms with Gasteiger partial charge in [0.15, 0.2) is 0 Å². The number of anilines is 1. The average Bonchev–Trinajstić information content (AvgIpc) is 2.41. The second-order valence-corrected chi connectivity index (χ2v) is 4.94. The largest absolute Gasteiger partial charge is 0.372 e. The van der Waals surface area contributed by atoms with Crippen LogP contribution in [-0.4, -0.2) is 26.6 Å². The molecule has 2 rings (SSSR count). The predicted octanol–water partition coefficient (Wildman–Crippen LogP) is 1.42. The predicted molar refractivity (Wildman–Crippen MR) is 71.6 cm³/mol. The number of amides is 1. The summed E-state index contributed by atoms with van der Waals surface area (Å²) in [6, 6.07) is 6.08. The van der Waals surface area contributed by atoms with Crippen LogP contribution in [0.15, 0.2) is 18.2 Å². The number of nitrogens with two attached hydrogens (primary N) is 1. The minimum Gasteiger partial charge on any atom is -0.372 e. The molecule has 2 N–H and O–H groups in total. The van der Waals surface area contributed by atoms with Crippen LogP contribution in [-0.2, 0) is 21.6 Å². The third-order valence-electron chi connectivity index (χ3n) is 3.87. The molecular weight excluding hydrogens is 228 g/mol. The van der Waals surface area contributed by atoms with Crippen LogP contribution in [0.2, 0.25) is 0 Å². The van der Waals surface area contributed by atoms with Gasteiger partial charge in [-0.3, -0.25) is 4.79 Å². The van der Waals surface area contributed by atoms with Crippen LogP contribution < -0.4 is 10.6 Å². The van der Waals surface area contributed by atoms with Gasteiger partial charge < -0.3 is 15.4 Å². The van der Waals surface area contributed by atoms with Gasteiger partial charge in [0.2, 0.25) is 5.91 Å². The van der Waals surface area contributed by atoms with Gasteiger partial charge in [0, 0.05) is 32.8 Å². The maximum Gasteiger partial charge on any atom is 0.227 e. The number of rotatable bonds is 3. The number of nitrogens with zero attached hydrogens (tertiary/aromatic N) is 1. The fourth-order valence-corrected chi connectivity index (χ4v) is 2.30. The summed E-state index contributed by atoms with van der Waals surface area (Å²) < 4.78 is 5.51. The highest BCUT2D eigenvalue weighted by Crippen LogP contribution is 2.32. The van der Waals surface area contributed by atoms with Crippen molar-refractivity contribution in [3.63, 3.8) is 0 Å². The normalized spacial score (nSPS) is 18.4. The van der Waals surface area contributed by atoms with E-state index < -0.39 is 5.60 Å². The smallest absolute Gasteiger partial charge is 0.227 e. The van der Waals surface area contributed by atoms with Crippen LogP contribution >= 0.6 is 0 Å². The van der Waals surface area contributed by atoms with Crippen molar-refractivity contribution >= 4 is 11.6 Å². The third-order valence-corrected chi connectivity index (χ3v) is 3.87. The Morgan fingerprint density at radius 3 is 2.78 bits per heavy atom. The van der Waals surface area contributed by atoms with E-state index in [4.69, 9.17) is 10.5 Å². The molecule has 18 heavy (non-hydrogen) atoms. The molecule has 0 radical (unpaired) electrons. The Bertz CT molecular complexity index is 467. The van der Waals surface area contributed by atoms with E-state index in [1.807, 2.05) is 26.1 Å². The summed E-state index contributed by atoms with van der Waals surface area (Å²) in [6.07, 6.45) is 1.36. The highest BCUT2D eigenvalue weighted by Gasteiger charge is 2.27. The van der Waals surface area contributed by atoms with Crippen LogP contribution in [0.4, 0.5) is 5.69 Å². The molecule has 0 bridgehead atoms. The molecule has 4 nitrogen and oxygen atoms in total. The zero-order valence-corrected chi connectivity index (χ0v) is 11.2. The molecule has 0 saturated heterocycles. The molecule has 0 spiro atoms. The van der Waals surface area contributed by atoms with Crippen molar-refractivity contribution < 1.29 is 9.53 Å². The fraction of sp³-hybridized carbons (Fsp3) is 0.500. The van der Waals surface area contributed by atoms with E-state index in [2.05, 4.69) is 6.07 Å². The van der Waals surface area contributed by atoms with Crippen molar-refractivity contribution in [2.75, 3.05) is 25.6 Å². The number of fused-ring (bicyclic) bond motifs is 1. The Hall–Kier alpha value is -1.39. The molecule has 1 atom stereocenters. The summed E-state index contributed by atoms with van der Waals surface area (Å²) in [5.41, 5.74) is 8.56. The Kier molecular flexibility index (Phi) is 3.41. The van der Waals surface area contributed by atoms with Gasteiger partial charge in [-0.1, -0.05) is 12.1 Å². The number of aryl methyl sites for hydroxylation is 1. The number of carbonyl (C=O) groups excluding carboxylic acids is 1. The second-order valence-electron chi connectivity index (χ2n) is 4.94. The van der Waals surface area contributed by atoms with E-state index in [1.165, 1.54) is 5.56 Å². The summed E-state index contributed by atoms with van der Waals surface area (Å²) in [7, 11) is 3.49. The van der Waals surface area contributed by atoms with Crippen LogP contribution in [0.5, 0.6) is 0 Å². The fourth-order valence-electron chi connectivity index (χ4n) is 2.30. The van der Waals surface area contributed by atoms with E-state index >= 15 is 0 Å². The number of carbonyl (C=O) groups is 1. The number of ether oxygens (including phenoxy) is 1. The second kappa shape index (κ2) is 4.71. The number of hydrogen-bond donors (Lipinski definition) is 1. The lowest BCUT2D eigenvalue weighted by molar-refractivity contribution is -0.118. The van der Waals surface area contributed by atoms with Gasteiger partial charge in [-0.2, -0.15) is 0 Å². The van der Waals surface area contributed by atoms with Crippen LogP contribution in [0.1, 0.15) is 24.5 Å². The van der Waals surface area contributed by atoms with Crippen LogP contribution in [0.3, 0.4) is 0 Å². The lowest BCUT2D eigenvalue weighted by atomic mass is 9.91. The zero-order valence-electron chi connectivity index (χ0n) is 11.2. The lowest BCUT2D eigenvalue weighted by Crippen LogP contribution is -2.35. The first-order chi connectivity index (χ1) is 8.51. The van der Waals surface area contributed by atoms with Crippen LogP contribution in [0.25, 0.3) is 0 Å².